The molecule has 2 heterocycles. The van der Waals surface area contributed by atoms with E-state index in [0.29, 0.717) is 31.9 Å². The molecule has 1 aromatic heterocycles. The van der Waals surface area contributed by atoms with Crippen LogP contribution >= 0.6 is 0 Å². The van der Waals surface area contributed by atoms with Crippen molar-refractivity contribution in [2.45, 2.75) is 33.0 Å². The van der Waals surface area contributed by atoms with E-state index in [-0.39, 0.29) is 12.0 Å². The molecule has 0 spiro atoms. The highest BCUT2D eigenvalue weighted by Crippen LogP contribution is 2.31. The van der Waals surface area contributed by atoms with Crippen molar-refractivity contribution in [3.8, 4) is 17.2 Å². The molecule has 7 nitrogen and oxygen atoms in total. The fourth-order valence-electron chi connectivity index (χ4n) is 3.44. The van der Waals surface area contributed by atoms with Gasteiger partial charge in [-0.05, 0) is 43.7 Å². The summed E-state index contributed by atoms with van der Waals surface area (Å²) in [5.74, 6) is 2.97. The van der Waals surface area contributed by atoms with Crippen LogP contribution < -0.4 is 14.2 Å². The lowest BCUT2D eigenvalue weighted by Crippen LogP contribution is -2.42. The van der Waals surface area contributed by atoms with Crippen molar-refractivity contribution >= 4 is 5.91 Å². The predicted molar refractivity (Wildman–Crippen MR) is 114 cm³/mol. The summed E-state index contributed by atoms with van der Waals surface area (Å²) in [4.78, 5) is 14.3. The minimum Gasteiger partial charge on any atom is -0.489 e. The maximum atomic E-state index is 12.7. The standard InChI is InChI=1S/C24H26N2O5/c1-16-21(17(2)31-25-16)15-28-19-10-8-18(9-11-19)12-24(27)26(3)13-20-14-29-22-6-4-5-7-23(22)30-20/h4-11,20H,12-15H2,1-3H3/t20-/m1/s1. The van der Waals surface area contributed by atoms with Crippen molar-refractivity contribution in [3.63, 3.8) is 0 Å². The van der Waals surface area contributed by atoms with E-state index in [1.165, 1.54) is 0 Å². The van der Waals surface area contributed by atoms with E-state index >= 15 is 0 Å². The zero-order valence-corrected chi connectivity index (χ0v) is 18.0. The van der Waals surface area contributed by atoms with Gasteiger partial charge in [-0.25, -0.2) is 0 Å². The second-order valence-corrected chi connectivity index (χ2v) is 7.68. The molecular weight excluding hydrogens is 396 g/mol. The third kappa shape index (κ3) is 4.99. The van der Waals surface area contributed by atoms with E-state index in [1.807, 2.05) is 62.4 Å². The summed E-state index contributed by atoms with van der Waals surface area (Å²) < 4.78 is 22.6. The van der Waals surface area contributed by atoms with Crippen LogP contribution in [0.15, 0.2) is 53.1 Å². The molecule has 3 aromatic rings. The maximum Gasteiger partial charge on any atom is 0.226 e. The van der Waals surface area contributed by atoms with Crippen molar-refractivity contribution in [2.24, 2.45) is 0 Å². The molecule has 2 aromatic carbocycles. The number of nitrogens with zero attached hydrogens (tertiary/aromatic N) is 2. The summed E-state index contributed by atoms with van der Waals surface area (Å²) in [5, 5.41) is 3.93. The van der Waals surface area contributed by atoms with Crippen LogP contribution in [0.4, 0.5) is 0 Å². The van der Waals surface area contributed by atoms with Gasteiger partial charge < -0.3 is 23.6 Å². The lowest BCUT2D eigenvalue weighted by Gasteiger charge is -2.29. The molecule has 1 atom stereocenters. The normalized spacial score (nSPS) is 14.9. The molecule has 0 saturated carbocycles. The van der Waals surface area contributed by atoms with Gasteiger partial charge in [0, 0.05) is 7.05 Å². The van der Waals surface area contributed by atoms with Crippen molar-refractivity contribution in [2.75, 3.05) is 20.2 Å². The Hall–Kier alpha value is -3.48. The summed E-state index contributed by atoms with van der Waals surface area (Å²) in [5.41, 5.74) is 2.71. The third-order valence-electron chi connectivity index (χ3n) is 5.31. The molecule has 7 heteroatoms. The first-order valence-corrected chi connectivity index (χ1v) is 10.3. The van der Waals surface area contributed by atoms with E-state index in [9.17, 15) is 4.79 Å². The molecule has 1 aliphatic heterocycles. The lowest BCUT2D eigenvalue weighted by molar-refractivity contribution is -0.130. The van der Waals surface area contributed by atoms with Gasteiger partial charge in [0.25, 0.3) is 0 Å². The summed E-state index contributed by atoms with van der Waals surface area (Å²) in [6.45, 7) is 5.04. The monoisotopic (exact) mass is 422 g/mol. The number of hydrogen-bond acceptors (Lipinski definition) is 6. The second kappa shape index (κ2) is 9.12. The zero-order valence-electron chi connectivity index (χ0n) is 18.0. The van der Waals surface area contributed by atoms with Crippen molar-refractivity contribution in [3.05, 3.63) is 71.1 Å². The number of hydrogen-bond donors (Lipinski definition) is 0. The quantitative estimate of drug-likeness (QED) is 0.578. The molecule has 1 aliphatic rings. The largest absolute Gasteiger partial charge is 0.489 e. The van der Waals surface area contributed by atoms with Gasteiger partial charge >= 0.3 is 0 Å². The Labute approximate surface area is 181 Å². The summed E-state index contributed by atoms with van der Waals surface area (Å²) in [6.07, 6.45) is 0.120. The van der Waals surface area contributed by atoms with Gasteiger partial charge in [-0.15, -0.1) is 0 Å². The Morgan fingerprint density at radius 2 is 1.87 bits per heavy atom. The number of ether oxygens (including phenoxy) is 3. The smallest absolute Gasteiger partial charge is 0.226 e. The molecule has 0 saturated heterocycles. The molecule has 0 bridgehead atoms. The Balaban J connectivity index is 1.27. The summed E-state index contributed by atoms with van der Waals surface area (Å²) >= 11 is 0. The number of amides is 1. The van der Waals surface area contributed by atoms with E-state index in [1.54, 1.807) is 11.9 Å². The number of fused-ring (bicyclic) bond motifs is 1. The predicted octanol–water partition coefficient (Wildman–Crippen LogP) is 3.71. The highest BCUT2D eigenvalue weighted by atomic mass is 16.6. The number of aromatic nitrogens is 1. The Morgan fingerprint density at radius 3 is 2.58 bits per heavy atom. The molecular formula is C24H26N2O5. The topological polar surface area (TPSA) is 74.0 Å². The Bertz CT molecular complexity index is 1020. The number of carbonyl (C=O) groups is 1. The zero-order chi connectivity index (χ0) is 21.8. The fourth-order valence-corrected chi connectivity index (χ4v) is 3.44. The van der Waals surface area contributed by atoms with Crippen LogP contribution in [0.25, 0.3) is 0 Å². The average Bonchev–Trinajstić information content (AvgIpc) is 3.10. The molecule has 31 heavy (non-hydrogen) atoms. The molecule has 0 fully saturated rings. The first-order valence-electron chi connectivity index (χ1n) is 10.3. The molecule has 0 aliphatic carbocycles. The van der Waals surface area contributed by atoms with Gasteiger partial charge in [0.05, 0.1) is 24.2 Å². The Morgan fingerprint density at radius 1 is 1.13 bits per heavy atom. The molecule has 162 valence electrons. The maximum absolute atomic E-state index is 12.7. The summed E-state index contributed by atoms with van der Waals surface area (Å²) in [6, 6.07) is 15.1. The molecule has 0 unspecified atom stereocenters. The number of aryl methyl sites for hydroxylation is 2. The SMILES string of the molecule is Cc1noc(C)c1COc1ccc(CC(=O)N(C)C[C@@H]2COc3ccccc3O2)cc1. The first-order chi connectivity index (χ1) is 15.0. The number of rotatable bonds is 7. The average molecular weight is 422 g/mol. The van der Waals surface area contributed by atoms with Crippen LogP contribution in [-0.4, -0.2) is 42.3 Å². The van der Waals surface area contributed by atoms with E-state index in [0.717, 1.165) is 34.1 Å². The number of likely N-dealkylation sites (N-methyl/N-ethyl adjacent to an activating group) is 1. The van der Waals surface area contributed by atoms with Crippen LogP contribution in [0.5, 0.6) is 17.2 Å². The van der Waals surface area contributed by atoms with Gasteiger partial charge in [0.2, 0.25) is 5.91 Å². The molecule has 0 N–H and O–H groups in total. The van der Waals surface area contributed by atoms with Crippen molar-refractivity contribution < 1.29 is 23.5 Å². The molecule has 4 rings (SSSR count). The fraction of sp³-hybridized carbons (Fsp3) is 0.333. The number of benzene rings is 2. The number of para-hydroxylation sites is 2. The number of carbonyl (C=O) groups excluding carboxylic acids is 1. The van der Waals surface area contributed by atoms with Crippen molar-refractivity contribution in [1.82, 2.24) is 10.1 Å². The van der Waals surface area contributed by atoms with Crippen LogP contribution in [0.2, 0.25) is 0 Å². The van der Waals surface area contributed by atoms with Gasteiger partial charge in [-0.1, -0.05) is 29.4 Å². The minimum absolute atomic E-state index is 0.0202. The van der Waals surface area contributed by atoms with Crippen LogP contribution in [0.3, 0.4) is 0 Å². The van der Waals surface area contributed by atoms with E-state index in [2.05, 4.69) is 5.16 Å². The first kappa shape index (κ1) is 20.8. The molecule has 0 radical (unpaired) electrons. The second-order valence-electron chi connectivity index (χ2n) is 7.68. The van der Waals surface area contributed by atoms with Gasteiger partial charge in [-0.3, -0.25) is 4.79 Å². The minimum atomic E-state index is -0.191. The van der Waals surface area contributed by atoms with Gasteiger partial charge in [0.1, 0.15) is 24.7 Å². The van der Waals surface area contributed by atoms with Crippen LogP contribution in [0.1, 0.15) is 22.6 Å². The summed E-state index contributed by atoms with van der Waals surface area (Å²) in [7, 11) is 1.79. The van der Waals surface area contributed by atoms with E-state index < -0.39 is 0 Å². The van der Waals surface area contributed by atoms with E-state index in [4.69, 9.17) is 18.7 Å². The van der Waals surface area contributed by atoms with Crippen molar-refractivity contribution in [1.29, 1.82) is 0 Å². The van der Waals surface area contributed by atoms with Crippen LogP contribution in [-0.2, 0) is 17.8 Å². The Kier molecular flexibility index (Phi) is 6.11. The van der Waals surface area contributed by atoms with Gasteiger partial charge in [-0.2, -0.15) is 0 Å². The highest BCUT2D eigenvalue weighted by molar-refractivity contribution is 5.78. The highest BCUT2D eigenvalue weighted by Gasteiger charge is 2.23. The molecule has 1 amide bonds. The van der Waals surface area contributed by atoms with Gasteiger partial charge in [0.15, 0.2) is 17.6 Å². The third-order valence-corrected chi connectivity index (χ3v) is 5.31. The van der Waals surface area contributed by atoms with Crippen LogP contribution in [0, 0.1) is 13.8 Å². The lowest BCUT2D eigenvalue weighted by atomic mass is 10.1.